The predicted octanol–water partition coefficient (Wildman–Crippen LogP) is 5.39. The summed E-state index contributed by atoms with van der Waals surface area (Å²) >= 11 is 0. The maximum Gasteiger partial charge on any atom is 0.804 e. The summed E-state index contributed by atoms with van der Waals surface area (Å²) in [5.74, 6) is 1.31. The summed E-state index contributed by atoms with van der Waals surface area (Å²) in [5, 5.41) is 0. The number of allylic oxidation sites excluding steroid dienone is 1. The van der Waals surface area contributed by atoms with Gasteiger partial charge in [-0.05, 0) is 43.4 Å². The first kappa shape index (κ1) is 15.7. The molecule has 0 aliphatic carbocycles. The van der Waals surface area contributed by atoms with Crippen molar-refractivity contribution in [1.82, 2.24) is 0 Å². The molecule has 1 aromatic rings. The van der Waals surface area contributed by atoms with E-state index in [1.54, 1.807) is 6.07 Å². The third-order valence-corrected chi connectivity index (χ3v) is 3.30. The molecular formula is C15H22O3P+. The molecule has 0 spiro atoms. The van der Waals surface area contributed by atoms with Gasteiger partial charge in [-0.3, -0.25) is 0 Å². The fourth-order valence-corrected chi connectivity index (χ4v) is 2.16. The fraction of sp³-hybridized carbons (Fsp3) is 0.467. The lowest BCUT2D eigenvalue weighted by molar-refractivity contribution is 0.381. The molecule has 0 radical (unpaired) electrons. The number of unbranched alkanes of at least 4 members (excludes halogenated alkanes) is 1. The van der Waals surface area contributed by atoms with E-state index in [0.717, 1.165) is 24.3 Å². The van der Waals surface area contributed by atoms with E-state index in [-0.39, 0.29) is 0 Å². The number of hydrogen-bond acceptors (Lipinski definition) is 3. The van der Waals surface area contributed by atoms with Gasteiger partial charge in [-0.2, -0.15) is 0 Å². The molecule has 0 aromatic heterocycles. The van der Waals surface area contributed by atoms with Crippen LogP contribution in [0.25, 0.3) is 0 Å². The third-order valence-electron chi connectivity index (χ3n) is 2.66. The molecule has 0 N–H and O–H groups in total. The highest BCUT2D eigenvalue weighted by Gasteiger charge is 2.21. The second kappa shape index (κ2) is 8.71. The summed E-state index contributed by atoms with van der Waals surface area (Å²) in [5.41, 5.74) is 0.940. The normalized spacial score (nSPS) is 11.9. The van der Waals surface area contributed by atoms with E-state index >= 15 is 0 Å². The Labute approximate surface area is 116 Å². The Hall–Kier alpha value is -1.34. The first-order chi connectivity index (χ1) is 9.09. The standard InChI is InChI=1S/C15H22O3P/c1-13(2)9-5-4-8-12-17-19(16)18-15-11-7-6-10-14(15)3/h6-8,10-13H,4-5,9H2,1-3H3/q+1. The Bertz CT molecular complexity index is 427. The molecule has 1 unspecified atom stereocenters. The van der Waals surface area contributed by atoms with Crippen LogP contribution in [0.3, 0.4) is 0 Å². The highest BCUT2D eigenvalue weighted by Crippen LogP contribution is 2.30. The van der Waals surface area contributed by atoms with Gasteiger partial charge in [0, 0.05) is 4.57 Å². The average Bonchev–Trinajstić information content (AvgIpc) is 2.36. The topological polar surface area (TPSA) is 35.5 Å². The Morgan fingerprint density at radius 3 is 2.74 bits per heavy atom. The minimum atomic E-state index is -2.14. The van der Waals surface area contributed by atoms with Gasteiger partial charge in [0.15, 0.2) is 12.0 Å². The maximum absolute atomic E-state index is 11.6. The summed E-state index contributed by atoms with van der Waals surface area (Å²) in [6, 6.07) is 7.43. The van der Waals surface area contributed by atoms with Gasteiger partial charge in [0.1, 0.15) is 0 Å². The number of rotatable bonds is 8. The third kappa shape index (κ3) is 6.97. The highest BCUT2D eigenvalue weighted by molar-refractivity contribution is 7.33. The van der Waals surface area contributed by atoms with Crippen LogP contribution in [0.2, 0.25) is 0 Å². The molecule has 1 atom stereocenters. The molecule has 0 saturated heterocycles. The van der Waals surface area contributed by atoms with E-state index in [1.165, 1.54) is 12.7 Å². The van der Waals surface area contributed by atoms with Crippen molar-refractivity contribution in [2.24, 2.45) is 5.92 Å². The van der Waals surface area contributed by atoms with Crippen molar-refractivity contribution in [1.29, 1.82) is 0 Å². The molecule has 3 nitrogen and oxygen atoms in total. The molecule has 104 valence electrons. The molecule has 19 heavy (non-hydrogen) atoms. The number of aryl methyl sites for hydroxylation is 1. The van der Waals surface area contributed by atoms with E-state index in [4.69, 9.17) is 9.05 Å². The van der Waals surface area contributed by atoms with E-state index < -0.39 is 8.25 Å². The number of para-hydroxylation sites is 1. The van der Waals surface area contributed by atoms with Gasteiger partial charge in [-0.25, -0.2) is 9.05 Å². The van der Waals surface area contributed by atoms with Gasteiger partial charge in [0.05, 0.1) is 0 Å². The Morgan fingerprint density at radius 2 is 2.05 bits per heavy atom. The van der Waals surface area contributed by atoms with Crippen molar-refractivity contribution < 1.29 is 13.6 Å². The molecule has 0 fully saturated rings. The van der Waals surface area contributed by atoms with Crippen molar-refractivity contribution in [3.63, 3.8) is 0 Å². The zero-order valence-electron chi connectivity index (χ0n) is 11.8. The van der Waals surface area contributed by atoms with Crippen LogP contribution in [0.1, 0.15) is 38.7 Å². The number of hydrogen-bond donors (Lipinski definition) is 0. The zero-order valence-corrected chi connectivity index (χ0v) is 12.7. The van der Waals surface area contributed by atoms with Crippen LogP contribution >= 0.6 is 8.25 Å². The molecule has 4 heteroatoms. The molecule has 0 aliphatic rings. The molecular weight excluding hydrogens is 259 g/mol. The first-order valence-electron chi connectivity index (χ1n) is 6.62. The smallest absolute Gasteiger partial charge is 0.231 e. The number of benzene rings is 1. The van der Waals surface area contributed by atoms with Crippen LogP contribution in [0, 0.1) is 12.8 Å². The van der Waals surface area contributed by atoms with Gasteiger partial charge in [0.2, 0.25) is 0 Å². The molecule has 1 rings (SSSR count). The predicted molar refractivity (Wildman–Crippen MR) is 78.3 cm³/mol. The van der Waals surface area contributed by atoms with Crippen LogP contribution in [0.4, 0.5) is 0 Å². The molecule has 0 bridgehead atoms. The maximum atomic E-state index is 11.6. The molecule has 0 aliphatic heterocycles. The fourth-order valence-electron chi connectivity index (χ4n) is 1.57. The Balaban J connectivity index is 2.25. The quantitative estimate of drug-likeness (QED) is 0.364. The van der Waals surface area contributed by atoms with Crippen LogP contribution in [0.5, 0.6) is 5.75 Å². The summed E-state index contributed by atoms with van der Waals surface area (Å²) in [7, 11) is -2.14. The monoisotopic (exact) mass is 281 g/mol. The van der Waals surface area contributed by atoms with Gasteiger partial charge in [-0.15, -0.1) is 0 Å². The van der Waals surface area contributed by atoms with Crippen molar-refractivity contribution in [3.8, 4) is 5.75 Å². The van der Waals surface area contributed by atoms with Gasteiger partial charge in [-0.1, -0.05) is 38.5 Å². The summed E-state index contributed by atoms with van der Waals surface area (Å²) in [6.07, 6.45) is 6.60. The summed E-state index contributed by atoms with van der Waals surface area (Å²) < 4.78 is 21.8. The van der Waals surface area contributed by atoms with Crippen LogP contribution in [0.15, 0.2) is 36.6 Å². The van der Waals surface area contributed by atoms with Crippen molar-refractivity contribution in [2.75, 3.05) is 0 Å². The first-order valence-corrected chi connectivity index (χ1v) is 7.71. The van der Waals surface area contributed by atoms with Crippen LogP contribution in [-0.2, 0) is 9.09 Å². The van der Waals surface area contributed by atoms with E-state index in [2.05, 4.69) is 13.8 Å². The Morgan fingerprint density at radius 1 is 1.32 bits per heavy atom. The van der Waals surface area contributed by atoms with Crippen molar-refractivity contribution in [2.45, 2.75) is 40.0 Å². The minimum Gasteiger partial charge on any atom is -0.231 e. The van der Waals surface area contributed by atoms with Crippen LogP contribution < -0.4 is 4.52 Å². The van der Waals surface area contributed by atoms with Crippen LogP contribution in [-0.4, -0.2) is 0 Å². The highest BCUT2D eigenvalue weighted by atomic mass is 31.1. The van der Waals surface area contributed by atoms with E-state index in [9.17, 15) is 4.57 Å². The largest absolute Gasteiger partial charge is 0.804 e. The summed E-state index contributed by atoms with van der Waals surface area (Å²) in [6.45, 7) is 6.31. The average molecular weight is 281 g/mol. The second-order valence-corrected chi connectivity index (χ2v) is 5.72. The minimum absolute atomic E-state index is 0.594. The van der Waals surface area contributed by atoms with Gasteiger partial charge < -0.3 is 0 Å². The SMILES string of the molecule is Cc1ccccc1O[P+](=O)OC=CCCCC(C)C. The zero-order chi connectivity index (χ0) is 14.1. The van der Waals surface area contributed by atoms with Crippen molar-refractivity contribution in [3.05, 3.63) is 42.2 Å². The summed E-state index contributed by atoms with van der Waals surface area (Å²) in [4.78, 5) is 0. The molecule has 1 aromatic carbocycles. The van der Waals surface area contributed by atoms with Gasteiger partial charge >= 0.3 is 8.25 Å². The lowest BCUT2D eigenvalue weighted by Gasteiger charge is -1.99. The Kier molecular flexibility index (Phi) is 7.20. The van der Waals surface area contributed by atoms with Crippen molar-refractivity contribution >= 4 is 8.25 Å². The van der Waals surface area contributed by atoms with E-state index in [1.807, 2.05) is 31.2 Å². The molecule has 0 saturated carbocycles. The second-order valence-electron chi connectivity index (χ2n) is 4.88. The molecule has 0 heterocycles. The lowest BCUT2D eigenvalue weighted by Crippen LogP contribution is -1.86. The van der Waals surface area contributed by atoms with Gasteiger partial charge in [0.25, 0.3) is 0 Å². The lowest BCUT2D eigenvalue weighted by atomic mass is 10.1. The van der Waals surface area contributed by atoms with E-state index in [0.29, 0.717) is 5.75 Å². The molecule has 0 amide bonds.